The molecule has 1 aromatic heterocycles. The monoisotopic (exact) mass is 461 g/mol. The third-order valence-corrected chi connectivity index (χ3v) is 6.29. The topological polar surface area (TPSA) is 56.3 Å². The molecule has 0 amide bonds. The van der Waals surface area contributed by atoms with Gasteiger partial charge in [0.25, 0.3) is 0 Å². The van der Waals surface area contributed by atoms with E-state index in [9.17, 15) is 9.59 Å². The van der Waals surface area contributed by atoms with Crippen LogP contribution in [0, 0.1) is 0 Å². The van der Waals surface area contributed by atoms with Crippen molar-refractivity contribution in [2.75, 3.05) is 0 Å². The molecule has 5 rings (SSSR count). The molecule has 1 heterocycles. The van der Waals surface area contributed by atoms with Gasteiger partial charge < -0.3 is 4.74 Å². The summed E-state index contributed by atoms with van der Waals surface area (Å²) >= 11 is 1.39. The standard InChI is InChI=1S/C29H19NO3S/c31-26(20-12-4-1-5-13-20)25(28-30-23-18-10-11-19-24(23)34-28)27(21-14-6-2-7-15-21)33-29(32)22-16-8-3-9-17-22/h1-19H/b27-25+. The minimum Gasteiger partial charge on any atom is -0.421 e. The fraction of sp³-hybridized carbons (Fsp3) is 0. The number of allylic oxidation sites excluding steroid dienone is 1. The van der Waals surface area contributed by atoms with Gasteiger partial charge in [-0.15, -0.1) is 11.3 Å². The largest absolute Gasteiger partial charge is 0.421 e. The molecule has 0 bridgehead atoms. The number of hydrogen-bond acceptors (Lipinski definition) is 5. The van der Waals surface area contributed by atoms with Crippen molar-refractivity contribution in [2.24, 2.45) is 0 Å². The van der Waals surface area contributed by atoms with Crippen molar-refractivity contribution in [3.05, 3.63) is 137 Å². The Morgan fingerprint density at radius 1 is 0.618 bits per heavy atom. The number of ketones is 1. The van der Waals surface area contributed by atoms with E-state index in [1.54, 1.807) is 48.5 Å². The first kappa shape index (κ1) is 21.5. The van der Waals surface area contributed by atoms with Crippen molar-refractivity contribution in [1.29, 1.82) is 0 Å². The Labute approximate surface area is 200 Å². The Balaban J connectivity index is 1.75. The van der Waals surface area contributed by atoms with Gasteiger partial charge in [0.15, 0.2) is 11.5 Å². The van der Waals surface area contributed by atoms with Crippen LogP contribution in [0.25, 0.3) is 21.5 Å². The van der Waals surface area contributed by atoms with Gasteiger partial charge in [-0.3, -0.25) is 4.79 Å². The molecule has 0 atom stereocenters. The number of fused-ring (bicyclic) bond motifs is 1. The highest BCUT2D eigenvalue weighted by molar-refractivity contribution is 7.20. The lowest BCUT2D eigenvalue weighted by Crippen LogP contribution is -2.11. The zero-order valence-corrected chi connectivity index (χ0v) is 18.9. The lowest BCUT2D eigenvalue weighted by molar-refractivity contribution is 0.0693. The van der Waals surface area contributed by atoms with Crippen LogP contribution in [0.5, 0.6) is 0 Å². The highest BCUT2D eigenvalue weighted by Crippen LogP contribution is 2.35. The van der Waals surface area contributed by atoms with E-state index in [2.05, 4.69) is 0 Å². The molecule has 5 heteroatoms. The van der Waals surface area contributed by atoms with Crippen molar-refractivity contribution >= 4 is 44.6 Å². The molecule has 0 saturated heterocycles. The lowest BCUT2D eigenvalue weighted by Gasteiger charge is -2.14. The van der Waals surface area contributed by atoms with Gasteiger partial charge in [-0.25, -0.2) is 9.78 Å². The van der Waals surface area contributed by atoms with E-state index in [1.807, 2.05) is 66.7 Å². The molecule has 0 N–H and O–H groups in total. The number of Topliss-reactive ketones (excluding diaryl/α,β-unsaturated/α-hetero) is 1. The normalized spacial score (nSPS) is 11.6. The number of thiazole rings is 1. The number of hydrogen-bond donors (Lipinski definition) is 0. The van der Waals surface area contributed by atoms with Gasteiger partial charge in [0, 0.05) is 11.1 Å². The Kier molecular flexibility index (Phi) is 6.10. The number of ether oxygens (including phenoxy) is 1. The number of carbonyl (C=O) groups excluding carboxylic acids is 2. The quantitative estimate of drug-likeness (QED) is 0.119. The average molecular weight is 462 g/mol. The Bertz CT molecular complexity index is 1460. The summed E-state index contributed by atoms with van der Waals surface area (Å²) in [6, 6.07) is 34.6. The van der Waals surface area contributed by atoms with Crippen LogP contribution in [-0.4, -0.2) is 16.7 Å². The minimum atomic E-state index is -0.543. The number of rotatable bonds is 6. The van der Waals surface area contributed by atoms with Crippen molar-refractivity contribution in [1.82, 2.24) is 4.98 Å². The Morgan fingerprint density at radius 3 is 1.76 bits per heavy atom. The second kappa shape index (κ2) is 9.65. The molecule has 34 heavy (non-hydrogen) atoms. The summed E-state index contributed by atoms with van der Waals surface area (Å²) in [6.07, 6.45) is 0. The van der Waals surface area contributed by atoms with Gasteiger partial charge in [-0.1, -0.05) is 91.0 Å². The second-order valence-corrected chi connectivity index (χ2v) is 8.54. The minimum absolute atomic E-state index is 0.183. The molecule has 4 aromatic carbocycles. The SMILES string of the molecule is O=C(O/C(=C(\C(=O)c1ccccc1)c1nc2ccccc2s1)c1ccccc1)c1ccccc1. The number of aromatic nitrogens is 1. The molecule has 5 aromatic rings. The fourth-order valence-electron chi connectivity index (χ4n) is 3.58. The maximum absolute atomic E-state index is 13.9. The number of para-hydroxylation sites is 1. The van der Waals surface area contributed by atoms with E-state index in [0.717, 1.165) is 10.2 Å². The maximum atomic E-state index is 13.9. The highest BCUT2D eigenvalue weighted by Gasteiger charge is 2.27. The smallest absolute Gasteiger partial charge is 0.343 e. The zero-order chi connectivity index (χ0) is 23.3. The van der Waals surface area contributed by atoms with Gasteiger partial charge in [-0.2, -0.15) is 0 Å². The summed E-state index contributed by atoms with van der Waals surface area (Å²) in [7, 11) is 0. The molecule has 0 radical (unpaired) electrons. The van der Waals surface area contributed by atoms with Crippen molar-refractivity contribution in [3.8, 4) is 0 Å². The fourth-order valence-corrected chi connectivity index (χ4v) is 4.58. The molecular formula is C29H19NO3S. The average Bonchev–Trinajstić information content (AvgIpc) is 3.33. The van der Waals surface area contributed by atoms with E-state index in [1.165, 1.54) is 11.3 Å². The van der Waals surface area contributed by atoms with Crippen molar-refractivity contribution in [2.45, 2.75) is 0 Å². The van der Waals surface area contributed by atoms with E-state index in [-0.39, 0.29) is 17.1 Å². The predicted octanol–water partition coefficient (Wildman–Crippen LogP) is 6.90. The molecule has 0 aliphatic carbocycles. The second-order valence-electron chi connectivity index (χ2n) is 7.51. The lowest BCUT2D eigenvalue weighted by atomic mass is 9.99. The van der Waals surface area contributed by atoms with Gasteiger partial charge >= 0.3 is 5.97 Å². The van der Waals surface area contributed by atoms with Gasteiger partial charge in [0.1, 0.15) is 10.6 Å². The summed E-state index contributed by atoms with van der Waals surface area (Å²) in [6.45, 7) is 0. The van der Waals surface area contributed by atoms with E-state index < -0.39 is 5.97 Å². The number of nitrogens with zero attached hydrogens (tertiary/aromatic N) is 1. The van der Waals surface area contributed by atoms with Crippen molar-refractivity contribution in [3.63, 3.8) is 0 Å². The van der Waals surface area contributed by atoms with Crippen LogP contribution in [0.3, 0.4) is 0 Å². The molecular weight excluding hydrogens is 442 g/mol. The molecule has 4 nitrogen and oxygen atoms in total. The predicted molar refractivity (Wildman–Crippen MR) is 136 cm³/mol. The third-order valence-electron chi connectivity index (χ3n) is 5.24. The number of carbonyl (C=O) groups is 2. The molecule has 0 spiro atoms. The number of benzene rings is 4. The summed E-state index contributed by atoms with van der Waals surface area (Å²) in [5, 5.41) is 0.495. The summed E-state index contributed by atoms with van der Waals surface area (Å²) in [5.41, 5.74) is 2.53. The summed E-state index contributed by atoms with van der Waals surface area (Å²) in [5.74, 6) is -0.624. The molecule has 0 aliphatic rings. The molecule has 0 unspecified atom stereocenters. The van der Waals surface area contributed by atoms with Crippen LogP contribution < -0.4 is 0 Å². The molecule has 164 valence electrons. The van der Waals surface area contributed by atoms with Crippen LogP contribution in [0.2, 0.25) is 0 Å². The number of esters is 1. The first-order valence-corrected chi connectivity index (χ1v) is 11.5. The van der Waals surface area contributed by atoms with Gasteiger partial charge in [0.2, 0.25) is 0 Å². The Hall–Kier alpha value is -4.35. The Morgan fingerprint density at radius 2 is 1.15 bits per heavy atom. The zero-order valence-electron chi connectivity index (χ0n) is 18.0. The van der Waals surface area contributed by atoms with Crippen LogP contribution in [0.1, 0.15) is 31.3 Å². The van der Waals surface area contributed by atoms with Gasteiger partial charge in [0.05, 0.1) is 15.8 Å². The van der Waals surface area contributed by atoms with E-state index >= 15 is 0 Å². The highest BCUT2D eigenvalue weighted by atomic mass is 32.1. The van der Waals surface area contributed by atoms with Crippen molar-refractivity contribution < 1.29 is 14.3 Å². The van der Waals surface area contributed by atoms with Crippen LogP contribution in [0.15, 0.2) is 115 Å². The van der Waals surface area contributed by atoms with E-state index in [4.69, 9.17) is 9.72 Å². The molecule has 0 aliphatic heterocycles. The first-order chi connectivity index (χ1) is 16.7. The van der Waals surface area contributed by atoms with E-state index in [0.29, 0.717) is 21.7 Å². The molecule has 0 saturated carbocycles. The van der Waals surface area contributed by atoms with Crippen LogP contribution in [-0.2, 0) is 4.74 Å². The summed E-state index contributed by atoms with van der Waals surface area (Å²) in [4.78, 5) is 31.7. The molecule has 0 fully saturated rings. The van der Waals surface area contributed by atoms with Gasteiger partial charge in [-0.05, 0) is 24.3 Å². The first-order valence-electron chi connectivity index (χ1n) is 10.7. The van der Waals surface area contributed by atoms with Crippen LogP contribution >= 0.6 is 11.3 Å². The summed E-state index contributed by atoms with van der Waals surface area (Å²) < 4.78 is 6.91. The van der Waals surface area contributed by atoms with Crippen LogP contribution in [0.4, 0.5) is 0 Å². The maximum Gasteiger partial charge on any atom is 0.343 e. The third kappa shape index (κ3) is 4.42.